The Hall–Kier alpha value is -0.990. The van der Waals surface area contributed by atoms with Crippen LogP contribution in [-0.4, -0.2) is 11.1 Å². The zero-order chi connectivity index (χ0) is 10.1. The highest BCUT2D eigenvalue weighted by molar-refractivity contribution is 6.35. The summed E-state index contributed by atoms with van der Waals surface area (Å²) in [5, 5.41) is 1.98. The summed E-state index contributed by atoms with van der Waals surface area (Å²) in [6.07, 6.45) is 0. The molecule has 0 aliphatic rings. The molecule has 74 valence electrons. The van der Waals surface area contributed by atoms with Gasteiger partial charge in [-0.2, -0.15) is 0 Å². The van der Waals surface area contributed by atoms with Crippen molar-refractivity contribution in [2.24, 2.45) is 5.73 Å². The van der Waals surface area contributed by atoms with Gasteiger partial charge in [-0.25, -0.2) is 0 Å². The predicted octanol–water partition coefficient (Wildman–Crippen LogP) is 2.56. The van der Waals surface area contributed by atoms with Gasteiger partial charge < -0.3 is 10.3 Å². The summed E-state index contributed by atoms with van der Waals surface area (Å²) in [7, 11) is 0. The number of hydrogen-bond acceptors (Lipinski definition) is 1. The molecule has 2 N–H and O–H groups in total. The molecule has 0 bridgehead atoms. The van der Waals surface area contributed by atoms with Crippen LogP contribution in [0.15, 0.2) is 24.3 Å². The molecule has 0 radical (unpaired) electrons. The van der Waals surface area contributed by atoms with Crippen LogP contribution in [0.25, 0.3) is 10.9 Å². The molecule has 2 rings (SSSR count). The fraction of sp³-hybridized carbons (Fsp3) is 0.273. The molecule has 0 fully saturated rings. The summed E-state index contributed by atoms with van der Waals surface area (Å²) in [4.78, 5) is 0. The molecule has 14 heavy (non-hydrogen) atoms. The fourth-order valence-corrected chi connectivity index (χ4v) is 2.11. The van der Waals surface area contributed by atoms with E-state index < -0.39 is 0 Å². The van der Waals surface area contributed by atoms with E-state index in [9.17, 15) is 0 Å². The second kappa shape index (κ2) is 3.64. The highest BCUT2D eigenvalue weighted by Crippen LogP contribution is 2.26. The molecular formula is C11H13ClN2. The van der Waals surface area contributed by atoms with Gasteiger partial charge in [0.25, 0.3) is 0 Å². The Kier molecular flexibility index (Phi) is 2.48. The molecule has 0 spiro atoms. The van der Waals surface area contributed by atoms with Gasteiger partial charge >= 0.3 is 0 Å². The lowest BCUT2D eigenvalue weighted by Crippen LogP contribution is -2.10. The first-order chi connectivity index (χ1) is 6.74. The molecule has 0 atom stereocenters. The first-order valence-electron chi connectivity index (χ1n) is 4.68. The van der Waals surface area contributed by atoms with Crippen LogP contribution in [-0.2, 0) is 6.54 Å². The van der Waals surface area contributed by atoms with Crippen LogP contribution in [0.3, 0.4) is 0 Å². The standard InChI is InChI=1S/C11H13ClN2/c1-8-7-9-3-2-4-10(12)11(9)14(8)6-5-13/h2-4,7H,5-6,13H2,1H3. The number of rotatable bonds is 2. The second-order valence-electron chi connectivity index (χ2n) is 3.40. The molecule has 0 unspecified atom stereocenters. The van der Waals surface area contributed by atoms with E-state index in [-0.39, 0.29) is 0 Å². The molecule has 2 aromatic rings. The second-order valence-corrected chi connectivity index (χ2v) is 3.81. The normalized spacial score (nSPS) is 11.1. The summed E-state index contributed by atoms with van der Waals surface area (Å²) in [6, 6.07) is 8.09. The minimum atomic E-state index is 0.635. The number of halogens is 1. The Bertz CT molecular complexity index is 460. The van der Waals surface area contributed by atoms with E-state index in [0.717, 1.165) is 17.1 Å². The molecule has 1 aromatic heterocycles. The zero-order valence-corrected chi connectivity index (χ0v) is 8.88. The molecular weight excluding hydrogens is 196 g/mol. The first-order valence-corrected chi connectivity index (χ1v) is 5.06. The Balaban J connectivity index is 2.73. The topological polar surface area (TPSA) is 30.9 Å². The maximum atomic E-state index is 6.15. The van der Waals surface area contributed by atoms with E-state index in [0.29, 0.717) is 6.54 Å². The lowest BCUT2D eigenvalue weighted by Gasteiger charge is -2.06. The van der Waals surface area contributed by atoms with Gasteiger partial charge in [0.1, 0.15) is 0 Å². The Labute approximate surface area is 88.3 Å². The molecule has 3 heteroatoms. The van der Waals surface area contributed by atoms with Crippen LogP contribution in [0.2, 0.25) is 5.02 Å². The third kappa shape index (κ3) is 1.41. The molecule has 1 heterocycles. The van der Waals surface area contributed by atoms with Crippen molar-refractivity contribution in [1.82, 2.24) is 4.57 Å². The Morgan fingerprint density at radius 1 is 1.43 bits per heavy atom. The third-order valence-corrected chi connectivity index (χ3v) is 2.74. The van der Waals surface area contributed by atoms with E-state index in [4.69, 9.17) is 17.3 Å². The van der Waals surface area contributed by atoms with Crippen LogP contribution >= 0.6 is 11.6 Å². The lowest BCUT2D eigenvalue weighted by molar-refractivity contribution is 0.715. The van der Waals surface area contributed by atoms with Gasteiger partial charge in [-0.3, -0.25) is 0 Å². The average molecular weight is 209 g/mol. The van der Waals surface area contributed by atoms with Crippen molar-refractivity contribution in [3.05, 3.63) is 35.0 Å². The van der Waals surface area contributed by atoms with Crippen LogP contribution in [0.4, 0.5) is 0 Å². The first kappa shape index (κ1) is 9.56. The summed E-state index contributed by atoms with van der Waals surface area (Å²) >= 11 is 6.15. The van der Waals surface area contributed by atoms with Gasteiger partial charge in [-0.05, 0) is 19.1 Å². The molecule has 0 amide bonds. The van der Waals surface area contributed by atoms with E-state index >= 15 is 0 Å². The van der Waals surface area contributed by atoms with Crippen molar-refractivity contribution in [3.8, 4) is 0 Å². The maximum absolute atomic E-state index is 6.15. The van der Waals surface area contributed by atoms with Crippen molar-refractivity contribution in [2.45, 2.75) is 13.5 Å². The van der Waals surface area contributed by atoms with Gasteiger partial charge in [0.05, 0.1) is 10.5 Å². The number of aromatic nitrogens is 1. The monoisotopic (exact) mass is 208 g/mol. The van der Waals surface area contributed by atoms with Gasteiger partial charge in [0, 0.05) is 24.2 Å². The van der Waals surface area contributed by atoms with E-state index in [1.54, 1.807) is 0 Å². The van der Waals surface area contributed by atoms with Crippen LogP contribution < -0.4 is 5.73 Å². The van der Waals surface area contributed by atoms with Crippen LogP contribution in [0.1, 0.15) is 5.69 Å². The highest BCUT2D eigenvalue weighted by Gasteiger charge is 2.07. The van der Waals surface area contributed by atoms with Crippen LogP contribution in [0, 0.1) is 6.92 Å². The van der Waals surface area contributed by atoms with Crippen molar-refractivity contribution in [1.29, 1.82) is 0 Å². The smallest absolute Gasteiger partial charge is 0.0672 e. The summed E-state index contributed by atoms with van der Waals surface area (Å²) < 4.78 is 2.16. The van der Waals surface area contributed by atoms with Crippen molar-refractivity contribution in [2.75, 3.05) is 6.54 Å². The minimum Gasteiger partial charge on any atom is -0.342 e. The molecule has 0 saturated heterocycles. The number of para-hydroxylation sites is 1. The predicted molar refractivity (Wildman–Crippen MR) is 60.7 cm³/mol. The molecule has 0 aliphatic heterocycles. The van der Waals surface area contributed by atoms with Gasteiger partial charge in [-0.1, -0.05) is 23.7 Å². The Morgan fingerprint density at radius 2 is 2.21 bits per heavy atom. The zero-order valence-electron chi connectivity index (χ0n) is 8.13. The highest BCUT2D eigenvalue weighted by atomic mass is 35.5. The quantitative estimate of drug-likeness (QED) is 0.808. The fourth-order valence-electron chi connectivity index (χ4n) is 1.83. The largest absolute Gasteiger partial charge is 0.342 e. The number of nitrogens with zero attached hydrogens (tertiary/aromatic N) is 1. The van der Waals surface area contributed by atoms with Crippen molar-refractivity contribution < 1.29 is 0 Å². The van der Waals surface area contributed by atoms with Crippen molar-refractivity contribution in [3.63, 3.8) is 0 Å². The number of benzene rings is 1. The SMILES string of the molecule is Cc1cc2cccc(Cl)c2n1CCN. The number of fused-ring (bicyclic) bond motifs is 1. The number of nitrogens with two attached hydrogens (primary N) is 1. The van der Waals surface area contributed by atoms with E-state index in [1.807, 2.05) is 12.1 Å². The summed E-state index contributed by atoms with van der Waals surface area (Å²) in [5.41, 5.74) is 7.87. The summed E-state index contributed by atoms with van der Waals surface area (Å²) in [5.74, 6) is 0. The molecule has 0 saturated carbocycles. The van der Waals surface area contributed by atoms with E-state index in [2.05, 4.69) is 23.6 Å². The maximum Gasteiger partial charge on any atom is 0.0672 e. The third-order valence-electron chi connectivity index (χ3n) is 2.43. The van der Waals surface area contributed by atoms with Gasteiger partial charge in [-0.15, -0.1) is 0 Å². The molecule has 0 aliphatic carbocycles. The number of hydrogen-bond donors (Lipinski definition) is 1. The van der Waals surface area contributed by atoms with Gasteiger partial charge in [0.2, 0.25) is 0 Å². The summed E-state index contributed by atoms with van der Waals surface area (Å²) in [6.45, 7) is 3.53. The molecule has 2 nitrogen and oxygen atoms in total. The molecule has 1 aromatic carbocycles. The van der Waals surface area contributed by atoms with Crippen LogP contribution in [0.5, 0.6) is 0 Å². The minimum absolute atomic E-state index is 0.635. The lowest BCUT2D eigenvalue weighted by atomic mass is 10.2. The average Bonchev–Trinajstić information content (AvgIpc) is 2.45. The van der Waals surface area contributed by atoms with E-state index in [1.165, 1.54) is 11.1 Å². The van der Waals surface area contributed by atoms with Crippen molar-refractivity contribution >= 4 is 22.5 Å². The Morgan fingerprint density at radius 3 is 2.93 bits per heavy atom. The van der Waals surface area contributed by atoms with Gasteiger partial charge in [0.15, 0.2) is 0 Å². The number of aryl methyl sites for hydroxylation is 1.